The van der Waals surface area contributed by atoms with Crippen molar-refractivity contribution < 1.29 is 19.7 Å². The third kappa shape index (κ3) is 5.69. The molecule has 1 atom stereocenters. The third-order valence-electron chi connectivity index (χ3n) is 3.34. The molecule has 5 nitrogen and oxygen atoms in total. The lowest BCUT2D eigenvalue weighted by molar-refractivity contribution is -0.139. The highest BCUT2D eigenvalue weighted by atomic mass is 127. The van der Waals surface area contributed by atoms with Gasteiger partial charge >= 0.3 is 5.97 Å². The molecule has 2 aromatic rings. The minimum Gasteiger partial charge on any atom is -0.506 e. The van der Waals surface area contributed by atoms with Crippen molar-refractivity contribution in [2.24, 2.45) is 5.73 Å². The first-order valence-corrected chi connectivity index (χ1v) is 14.3. The van der Waals surface area contributed by atoms with Gasteiger partial charge in [-0.25, -0.2) is 4.79 Å². The van der Waals surface area contributed by atoms with E-state index in [0.717, 1.165) is 12.7 Å². The number of hydrogen-bond donors (Lipinski definition) is 3. The van der Waals surface area contributed by atoms with Crippen LogP contribution in [-0.2, 0) is 6.22 Å². The molecule has 0 bridgehead atoms. The van der Waals surface area contributed by atoms with Crippen LogP contribution in [0.2, 0.25) is 0 Å². The summed E-state index contributed by atoms with van der Waals surface area (Å²) in [5.41, 5.74) is 6.88. The minimum atomic E-state index is -1.48. The van der Waals surface area contributed by atoms with Crippen LogP contribution in [0.4, 0.5) is 0 Å². The van der Waals surface area contributed by atoms with Crippen molar-refractivity contribution in [1.82, 2.24) is 0 Å². The van der Waals surface area contributed by atoms with E-state index < -0.39 is 10.9 Å². The van der Waals surface area contributed by atoms with Crippen LogP contribution in [-0.4, -0.2) is 19.7 Å². The number of alkyl halides is 3. The molecule has 0 heterocycles. The Morgan fingerprint density at radius 1 is 0.926 bits per heavy atom. The number of carbonyl (C=O) groups is 1. The molecule has 0 spiro atoms. The van der Waals surface area contributed by atoms with E-state index in [1.165, 1.54) is 0 Å². The SMILES string of the molecule is NC(I)(C(=O)O)C(I)(I)c1cc(I)c(Oc2cc(I)c(O)c(I)c2)c(I)c1. The number of phenols is 1. The number of benzene rings is 2. The number of aliphatic carboxylic acids is 1. The third-order valence-corrected chi connectivity index (χ3v) is 12.9. The molecular formula is C15H8I7NO4. The van der Waals surface area contributed by atoms with Gasteiger partial charge in [0.25, 0.3) is 0 Å². The van der Waals surface area contributed by atoms with Crippen molar-refractivity contribution in [2.45, 2.75) is 4.97 Å². The largest absolute Gasteiger partial charge is 0.506 e. The van der Waals surface area contributed by atoms with Crippen LogP contribution >= 0.6 is 158 Å². The highest BCUT2D eigenvalue weighted by Gasteiger charge is 2.51. The Labute approximate surface area is 251 Å². The molecule has 0 aliphatic heterocycles. The van der Waals surface area contributed by atoms with Crippen molar-refractivity contribution in [3.05, 3.63) is 44.1 Å². The Morgan fingerprint density at radius 2 is 1.37 bits per heavy atom. The second kappa shape index (κ2) is 10.0. The van der Waals surface area contributed by atoms with E-state index >= 15 is 0 Å². The first-order valence-electron chi connectivity index (χ1n) is 6.73. The van der Waals surface area contributed by atoms with Crippen molar-refractivity contribution >= 4 is 164 Å². The second-order valence-corrected chi connectivity index (χ2v) is 16.8. The number of phenolic OH excluding ortho intramolecular Hbond substituents is 1. The summed E-state index contributed by atoms with van der Waals surface area (Å²) in [7, 11) is 0. The second-order valence-electron chi connectivity index (χ2n) is 5.20. The first-order chi connectivity index (χ1) is 12.3. The van der Waals surface area contributed by atoms with Gasteiger partial charge in [-0.3, -0.25) is 0 Å². The molecule has 2 rings (SSSR count). The molecule has 0 aromatic heterocycles. The van der Waals surface area contributed by atoms with Gasteiger partial charge < -0.3 is 20.7 Å². The number of hydrogen-bond acceptors (Lipinski definition) is 4. The van der Waals surface area contributed by atoms with E-state index in [0.29, 0.717) is 18.6 Å². The van der Waals surface area contributed by atoms with Gasteiger partial charge in [-0.1, -0.05) is 45.2 Å². The average Bonchev–Trinajstić information content (AvgIpc) is 2.55. The fourth-order valence-electron chi connectivity index (χ4n) is 1.90. The molecule has 27 heavy (non-hydrogen) atoms. The molecule has 2 aromatic carbocycles. The summed E-state index contributed by atoms with van der Waals surface area (Å²) in [6.45, 7) is 0. The zero-order valence-electron chi connectivity index (χ0n) is 12.7. The quantitative estimate of drug-likeness (QED) is 0.174. The Bertz CT molecular complexity index is 871. The van der Waals surface area contributed by atoms with E-state index in [1.807, 2.05) is 12.1 Å². The maximum absolute atomic E-state index is 11.6. The molecule has 0 fully saturated rings. The van der Waals surface area contributed by atoms with Crippen LogP contribution in [0.3, 0.4) is 0 Å². The zero-order chi connectivity index (χ0) is 20.7. The van der Waals surface area contributed by atoms with E-state index in [-0.39, 0.29) is 5.75 Å². The fraction of sp³-hybridized carbons (Fsp3) is 0.133. The molecule has 0 aliphatic rings. The number of aromatic hydroxyl groups is 1. The summed E-state index contributed by atoms with van der Waals surface area (Å²) >= 11 is 14.4. The van der Waals surface area contributed by atoms with Gasteiger partial charge in [0.05, 0.1) is 14.3 Å². The van der Waals surface area contributed by atoms with Crippen LogP contribution < -0.4 is 10.5 Å². The molecular weight excluding hydrogens is 1150 g/mol. The van der Waals surface area contributed by atoms with Gasteiger partial charge in [0.1, 0.15) is 12.9 Å². The van der Waals surface area contributed by atoms with Gasteiger partial charge in [0.15, 0.2) is 9.30 Å². The topological polar surface area (TPSA) is 92.8 Å². The van der Waals surface area contributed by atoms with Crippen molar-refractivity contribution in [2.75, 3.05) is 0 Å². The number of carboxylic acids is 1. The monoisotopic (exact) mass is 1150 g/mol. The molecule has 0 amide bonds. The summed E-state index contributed by atoms with van der Waals surface area (Å²) in [6.07, 6.45) is 0. The molecule has 0 aliphatic carbocycles. The Morgan fingerprint density at radius 3 is 1.78 bits per heavy atom. The summed E-state index contributed by atoms with van der Waals surface area (Å²) < 4.78 is 6.80. The number of halogens is 7. The van der Waals surface area contributed by atoms with Crippen molar-refractivity contribution in [3.8, 4) is 17.2 Å². The zero-order valence-corrected chi connectivity index (χ0v) is 27.8. The Kier molecular flexibility index (Phi) is 9.59. The molecule has 0 radical (unpaired) electrons. The summed E-state index contributed by atoms with van der Waals surface area (Å²) in [6, 6.07) is 7.30. The van der Waals surface area contributed by atoms with Crippen LogP contribution in [0.1, 0.15) is 5.56 Å². The highest BCUT2D eigenvalue weighted by Crippen LogP contribution is 2.52. The lowest BCUT2D eigenvalue weighted by Crippen LogP contribution is -2.52. The highest BCUT2D eigenvalue weighted by molar-refractivity contribution is 14.2. The molecule has 0 saturated carbocycles. The number of rotatable bonds is 5. The van der Waals surface area contributed by atoms with Gasteiger partial charge in [0.2, 0.25) is 0 Å². The van der Waals surface area contributed by atoms with E-state index in [4.69, 9.17) is 10.5 Å². The van der Waals surface area contributed by atoms with Crippen LogP contribution in [0.25, 0.3) is 0 Å². The van der Waals surface area contributed by atoms with Gasteiger partial charge in [-0.05, 0) is 143 Å². The van der Waals surface area contributed by atoms with E-state index in [1.54, 1.807) is 34.7 Å². The Balaban J connectivity index is 2.48. The van der Waals surface area contributed by atoms with Crippen LogP contribution in [0.5, 0.6) is 17.2 Å². The Hall–Kier alpha value is 2.58. The predicted molar refractivity (Wildman–Crippen MR) is 164 cm³/mol. The number of carboxylic acid groups (broad SMARTS) is 1. The summed E-state index contributed by atoms with van der Waals surface area (Å²) in [4.78, 5) is 11.6. The number of nitrogens with two attached hydrogens (primary N) is 1. The molecule has 1 unspecified atom stereocenters. The number of ether oxygens (including phenoxy) is 1. The lowest BCUT2D eigenvalue weighted by atomic mass is 10.1. The van der Waals surface area contributed by atoms with Gasteiger partial charge in [0, 0.05) is 0 Å². The molecule has 4 N–H and O–H groups in total. The maximum Gasteiger partial charge on any atom is 0.336 e. The smallest absolute Gasteiger partial charge is 0.336 e. The van der Waals surface area contributed by atoms with Gasteiger partial charge in [-0.15, -0.1) is 0 Å². The van der Waals surface area contributed by atoms with Crippen LogP contribution in [0.15, 0.2) is 24.3 Å². The predicted octanol–water partition coefficient (Wildman–Crippen LogP) is 6.80. The van der Waals surface area contributed by atoms with Crippen molar-refractivity contribution in [3.63, 3.8) is 0 Å². The van der Waals surface area contributed by atoms with E-state index in [9.17, 15) is 15.0 Å². The standard InChI is InChI=1S/C15H8I7NO4/c16-7-3-6(4-8(17)11(7)24)27-12-9(18)1-5(2-10(12)19)14(20,21)15(22,23)13(25)26/h1-4,24H,23H2,(H,25,26). The van der Waals surface area contributed by atoms with Crippen LogP contribution in [0, 0.1) is 14.3 Å². The van der Waals surface area contributed by atoms with E-state index in [2.05, 4.69) is 136 Å². The average molecular weight is 1150 g/mol. The fourth-order valence-corrected chi connectivity index (χ4v) is 7.00. The molecule has 12 heteroatoms. The minimum absolute atomic E-state index is 0.234. The summed E-state index contributed by atoms with van der Waals surface area (Å²) in [5, 5.41) is 19.4. The van der Waals surface area contributed by atoms with Crippen molar-refractivity contribution in [1.29, 1.82) is 0 Å². The molecule has 0 saturated heterocycles. The maximum atomic E-state index is 11.6. The lowest BCUT2D eigenvalue weighted by Gasteiger charge is -2.33. The first kappa shape index (κ1) is 25.8. The van der Waals surface area contributed by atoms with Gasteiger partial charge in [-0.2, -0.15) is 0 Å². The normalized spacial score (nSPS) is 13.9. The molecule has 146 valence electrons. The summed E-state index contributed by atoms with van der Waals surface area (Å²) in [5.74, 6) is 0.448.